The molecule has 0 saturated heterocycles. The molecule has 1 rings (SSSR count). The molecule has 3 N–H and O–H groups in total. The van der Waals surface area contributed by atoms with Crippen molar-refractivity contribution >= 4 is 11.8 Å². The van der Waals surface area contributed by atoms with Gasteiger partial charge in [0.1, 0.15) is 7.11 Å². The molecule has 5 nitrogen and oxygen atoms in total. The van der Waals surface area contributed by atoms with Crippen LogP contribution >= 0.6 is 0 Å². The first-order chi connectivity index (χ1) is 6.66. The molecule has 0 unspecified atom stereocenters. The first kappa shape index (κ1) is 10.0. The molecule has 1 aromatic rings. The Morgan fingerprint density at radius 1 is 1.43 bits per heavy atom. The van der Waals surface area contributed by atoms with Crippen molar-refractivity contribution in [2.45, 2.75) is 0 Å². The maximum atomic E-state index is 10.8. The van der Waals surface area contributed by atoms with Crippen LogP contribution in [0.25, 0.3) is 0 Å². The van der Waals surface area contributed by atoms with E-state index in [1.165, 1.54) is 13.2 Å². The molecular formula is C9H10N2O3. The smallest absolute Gasteiger partial charge is 0.336 e. The molecule has 0 amide bonds. The van der Waals surface area contributed by atoms with Crippen LogP contribution < -0.4 is 5.73 Å². The van der Waals surface area contributed by atoms with Gasteiger partial charge in [-0.15, -0.1) is 0 Å². The Labute approximate surface area is 80.8 Å². The highest BCUT2D eigenvalue weighted by Crippen LogP contribution is 2.08. The molecule has 1 aromatic carbocycles. The van der Waals surface area contributed by atoms with Crippen LogP contribution in [-0.4, -0.2) is 24.0 Å². The molecule has 0 aliphatic heterocycles. The van der Waals surface area contributed by atoms with Gasteiger partial charge >= 0.3 is 5.97 Å². The van der Waals surface area contributed by atoms with Crippen LogP contribution in [-0.2, 0) is 4.84 Å². The molecule has 0 bridgehead atoms. The van der Waals surface area contributed by atoms with Gasteiger partial charge in [0.2, 0.25) is 0 Å². The monoisotopic (exact) mass is 194 g/mol. The quantitative estimate of drug-likeness (QED) is 0.420. The zero-order valence-corrected chi connectivity index (χ0v) is 7.60. The lowest BCUT2D eigenvalue weighted by Gasteiger charge is -2.03. The third-order valence-electron chi connectivity index (χ3n) is 1.62. The number of rotatable bonds is 3. The number of benzene rings is 1. The Hall–Kier alpha value is -2.04. The van der Waals surface area contributed by atoms with Crippen molar-refractivity contribution in [1.29, 1.82) is 0 Å². The van der Waals surface area contributed by atoms with Crippen molar-refractivity contribution < 1.29 is 14.7 Å². The summed E-state index contributed by atoms with van der Waals surface area (Å²) < 4.78 is 0. The van der Waals surface area contributed by atoms with Crippen LogP contribution in [0.15, 0.2) is 29.4 Å². The Morgan fingerprint density at radius 3 is 2.50 bits per heavy atom. The standard InChI is InChI=1S/C9H10N2O3/c1-14-11-8(10)6-4-2-3-5-7(6)9(12)13/h2-5H,1H3,(H2,10,11)(H,12,13). The first-order valence-corrected chi connectivity index (χ1v) is 3.86. The Bertz CT molecular complexity index is 374. The first-order valence-electron chi connectivity index (χ1n) is 3.86. The number of nitrogens with zero attached hydrogens (tertiary/aromatic N) is 1. The fourth-order valence-electron chi connectivity index (χ4n) is 1.04. The number of carboxylic acid groups (broad SMARTS) is 1. The fourth-order valence-corrected chi connectivity index (χ4v) is 1.04. The second-order valence-electron chi connectivity index (χ2n) is 2.51. The van der Waals surface area contributed by atoms with Crippen LogP contribution in [0.5, 0.6) is 0 Å². The number of hydrogen-bond acceptors (Lipinski definition) is 3. The molecule has 0 heterocycles. The summed E-state index contributed by atoms with van der Waals surface area (Å²) in [5, 5.41) is 12.3. The topological polar surface area (TPSA) is 84.9 Å². The zero-order valence-electron chi connectivity index (χ0n) is 7.60. The van der Waals surface area contributed by atoms with Crippen molar-refractivity contribution in [3.8, 4) is 0 Å². The van der Waals surface area contributed by atoms with Crippen LogP contribution in [0.4, 0.5) is 0 Å². The third kappa shape index (κ3) is 2.01. The second kappa shape index (κ2) is 4.27. The molecule has 0 aliphatic rings. The second-order valence-corrected chi connectivity index (χ2v) is 2.51. The van der Waals surface area contributed by atoms with Gasteiger partial charge in [-0.3, -0.25) is 0 Å². The predicted octanol–water partition coefficient (Wildman–Crippen LogP) is 0.652. The van der Waals surface area contributed by atoms with Gasteiger partial charge in [0.15, 0.2) is 5.84 Å². The highest BCUT2D eigenvalue weighted by atomic mass is 16.6. The highest BCUT2D eigenvalue weighted by Gasteiger charge is 2.11. The molecule has 0 aliphatic carbocycles. The van der Waals surface area contributed by atoms with E-state index in [1.54, 1.807) is 18.2 Å². The van der Waals surface area contributed by atoms with Crippen molar-refractivity contribution in [1.82, 2.24) is 0 Å². The van der Waals surface area contributed by atoms with E-state index < -0.39 is 5.97 Å². The van der Waals surface area contributed by atoms with Gasteiger partial charge in [-0.2, -0.15) is 0 Å². The predicted molar refractivity (Wildman–Crippen MR) is 51.1 cm³/mol. The number of carbonyl (C=O) groups is 1. The normalized spacial score (nSPS) is 11.1. The average Bonchev–Trinajstić information content (AvgIpc) is 2.18. The molecule has 0 fully saturated rings. The number of hydrogen-bond donors (Lipinski definition) is 2. The summed E-state index contributed by atoms with van der Waals surface area (Å²) in [6.45, 7) is 0. The highest BCUT2D eigenvalue weighted by molar-refractivity contribution is 6.06. The summed E-state index contributed by atoms with van der Waals surface area (Å²) in [4.78, 5) is 15.2. The molecule has 0 radical (unpaired) electrons. The SMILES string of the molecule is CON=C(N)c1ccccc1C(=O)O. The lowest BCUT2D eigenvalue weighted by atomic mass is 10.1. The minimum Gasteiger partial charge on any atom is -0.478 e. The van der Waals surface area contributed by atoms with Crippen LogP contribution in [0.3, 0.4) is 0 Å². The summed E-state index contributed by atoms with van der Waals surface area (Å²) in [7, 11) is 1.34. The van der Waals surface area contributed by atoms with E-state index in [0.717, 1.165) is 0 Å². The summed E-state index contributed by atoms with van der Waals surface area (Å²) in [6, 6.07) is 6.32. The third-order valence-corrected chi connectivity index (χ3v) is 1.62. The van der Waals surface area contributed by atoms with Crippen molar-refractivity contribution in [3.63, 3.8) is 0 Å². The molecule has 74 valence electrons. The van der Waals surface area contributed by atoms with E-state index in [0.29, 0.717) is 5.56 Å². The van der Waals surface area contributed by atoms with E-state index in [9.17, 15) is 4.79 Å². The van der Waals surface area contributed by atoms with Crippen molar-refractivity contribution in [2.24, 2.45) is 10.9 Å². The Balaban J connectivity index is 3.20. The Morgan fingerprint density at radius 2 is 2.00 bits per heavy atom. The van der Waals surface area contributed by atoms with Gasteiger partial charge < -0.3 is 15.7 Å². The van der Waals surface area contributed by atoms with Gasteiger partial charge in [-0.05, 0) is 6.07 Å². The maximum absolute atomic E-state index is 10.8. The largest absolute Gasteiger partial charge is 0.478 e. The molecule has 14 heavy (non-hydrogen) atoms. The lowest BCUT2D eigenvalue weighted by Crippen LogP contribution is -2.17. The van der Waals surface area contributed by atoms with Crippen LogP contribution in [0.1, 0.15) is 15.9 Å². The van der Waals surface area contributed by atoms with Gasteiger partial charge in [-0.25, -0.2) is 4.79 Å². The van der Waals surface area contributed by atoms with Gasteiger partial charge in [0.05, 0.1) is 5.56 Å². The summed E-state index contributed by atoms with van der Waals surface area (Å²) in [6.07, 6.45) is 0. The van der Waals surface area contributed by atoms with E-state index in [-0.39, 0.29) is 11.4 Å². The van der Waals surface area contributed by atoms with E-state index >= 15 is 0 Å². The number of nitrogens with two attached hydrogens (primary N) is 1. The molecule has 5 heteroatoms. The average molecular weight is 194 g/mol. The van der Waals surface area contributed by atoms with E-state index in [2.05, 4.69) is 9.99 Å². The van der Waals surface area contributed by atoms with Crippen molar-refractivity contribution in [3.05, 3.63) is 35.4 Å². The summed E-state index contributed by atoms with van der Waals surface area (Å²) in [5.74, 6) is -1.000. The fraction of sp³-hybridized carbons (Fsp3) is 0.111. The Kier molecular flexibility index (Phi) is 3.06. The van der Waals surface area contributed by atoms with Crippen LogP contribution in [0.2, 0.25) is 0 Å². The van der Waals surface area contributed by atoms with Crippen LogP contribution in [0, 0.1) is 0 Å². The minimum absolute atomic E-state index is 0.0468. The van der Waals surface area contributed by atoms with Crippen molar-refractivity contribution in [2.75, 3.05) is 7.11 Å². The summed E-state index contributed by atoms with van der Waals surface area (Å²) >= 11 is 0. The molecule has 0 saturated carbocycles. The number of amidine groups is 1. The maximum Gasteiger partial charge on any atom is 0.336 e. The lowest BCUT2D eigenvalue weighted by molar-refractivity contribution is 0.0696. The number of carboxylic acids is 1. The molecular weight excluding hydrogens is 184 g/mol. The molecule has 0 spiro atoms. The molecule has 0 aromatic heterocycles. The molecule has 0 atom stereocenters. The van der Waals surface area contributed by atoms with Gasteiger partial charge in [0, 0.05) is 5.56 Å². The summed E-state index contributed by atoms with van der Waals surface area (Å²) in [5.41, 5.74) is 5.96. The van der Waals surface area contributed by atoms with Gasteiger partial charge in [-0.1, -0.05) is 23.4 Å². The van der Waals surface area contributed by atoms with E-state index in [1.807, 2.05) is 0 Å². The number of oxime groups is 1. The zero-order chi connectivity index (χ0) is 10.6. The minimum atomic E-state index is -1.05. The number of aromatic carboxylic acids is 1. The van der Waals surface area contributed by atoms with E-state index in [4.69, 9.17) is 10.8 Å². The van der Waals surface area contributed by atoms with Gasteiger partial charge in [0.25, 0.3) is 0 Å².